The van der Waals surface area contributed by atoms with E-state index in [1.165, 1.54) is 12.8 Å². The van der Waals surface area contributed by atoms with Crippen LogP contribution < -0.4 is 5.73 Å². The van der Waals surface area contributed by atoms with E-state index in [0.717, 1.165) is 6.54 Å². The van der Waals surface area contributed by atoms with Crippen LogP contribution in [0.15, 0.2) is 0 Å². The molecular weight excluding hydrogens is 190 g/mol. The fourth-order valence-corrected chi connectivity index (χ4v) is 2.35. The fourth-order valence-electron chi connectivity index (χ4n) is 2.35. The van der Waals surface area contributed by atoms with E-state index in [2.05, 4.69) is 18.7 Å². The maximum Gasteiger partial charge on any atom is 0.241 e. The minimum absolute atomic E-state index is 0.0641. The number of carbonyl (C=O) groups excluding carboxylic acids is 1. The van der Waals surface area contributed by atoms with Gasteiger partial charge < -0.3 is 10.6 Å². The molecule has 1 atom stereocenters. The summed E-state index contributed by atoms with van der Waals surface area (Å²) in [5, 5.41) is 0. The quantitative estimate of drug-likeness (QED) is 0.701. The van der Waals surface area contributed by atoms with E-state index < -0.39 is 0 Å². The Bertz CT molecular complexity index is 273. The lowest BCUT2D eigenvalue weighted by atomic mass is 9.95. The van der Waals surface area contributed by atoms with Gasteiger partial charge >= 0.3 is 0 Å². The van der Waals surface area contributed by atoms with Crippen molar-refractivity contribution < 1.29 is 4.79 Å². The largest absolute Gasteiger partial charge is 0.338 e. The summed E-state index contributed by atoms with van der Waals surface area (Å²) < 4.78 is 0. The van der Waals surface area contributed by atoms with Gasteiger partial charge in [-0.15, -0.1) is 0 Å². The molecule has 0 spiro atoms. The molecule has 0 aromatic heterocycles. The van der Waals surface area contributed by atoms with Gasteiger partial charge in [0.2, 0.25) is 5.91 Å². The molecule has 0 radical (unpaired) electrons. The minimum atomic E-state index is -0.0875. The molecule has 0 aromatic rings. The topological polar surface area (TPSA) is 49.6 Å². The highest BCUT2D eigenvalue weighted by Crippen LogP contribution is 2.34. The molecule has 15 heavy (non-hydrogen) atoms. The van der Waals surface area contributed by atoms with Crippen LogP contribution in [0.3, 0.4) is 0 Å². The number of piperazine rings is 1. The molecule has 1 amide bonds. The number of rotatable bonds is 2. The predicted molar refractivity (Wildman–Crippen MR) is 59.4 cm³/mol. The molecule has 2 N–H and O–H groups in total. The lowest BCUT2D eigenvalue weighted by Crippen LogP contribution is -2.67. The summed E-state index contributed by atoms with van der Waals surface area (Å²) in [5.74, 6) is 0.181. The fraction of sp³-hybridized carbons (Fsp3) is 0.909. The van der Waals surface area contributed by atoms with Gasteiger partial charge in [-0.25, -0.2) is 0 Å². The third kappa shape index (κ3) is 1.76. The lowest BCUT2D eigenvalue weighted by Gasteiger charge is -2.49. The molecule has 1 saturated heterocycles. The summed E-state index contributed by atoms with van der Waals surface area (Å²) in [5.41, 5.74) is 5.65. The van der Waals surface area contributed by atoms with E-state index >= 15 is 0 Å². The second-order valence-corrected chi connectivity index (χ2v) is 5.36. The van der Waals surface area contributed by atoms with Crippen LogP contribution >= 0.6 is 0 Å². The zero-order chi connectivity index (χ0) is 11.2. The zero-order valence-electron chi connectivity index (χ0n) is 9.86. The lowest BCUT2D eigenvalue weighted by molar-refractivity contribution is -0.149. The van der Waals surface area contributed by atoms with E-state index in [0.29, 0.717) is 12.6 Å². The van der Waals surface area contributed by atoms with Gasteiger partial charge in [-0.3, -0.25) is 9.69 Å². The summed E-state index contributed by atoms with van der Waals surface area (Å²) in [6.07, 6.45) is 2.45. The molecule has 4 heteroatoms. The second kappa shape index (κ2) is 3.46. The van der Waals surface area contributed by atoms with Crippen molar-refractivity contribution in [3.05, 3.63) is 0 Å². The summed E-state index contributed by atoms with van der Waals surface area (Å²) in [7, 11) is 1.88. The molecule has 1 aliphatic heterocycles. The van der Waals surface area contributed by atoms with Crippen LogP contribution in [0, 0.1) is 0 Å². The summed E-state index contributed by atoms with van der Waals surface area (Å²) in [6.45, 7) is 5.62. The first-order chi connectivity index (χ1) is 6.97. The molecule has 2 aliphatic rings. The molecule has 1 heterocycles. The summed E-state index contributed by atoms with van der Waals surface area (Å²) >= 11 is 0. The van der Waals surface area contributed by atoms with E-state index in [4.69, 9.17) is 5.73 Å². The van der Waals surface area contributed by atoms with Crippen LogP contribution in [-0.2, 0) is 4.79 Å². The third-order valence-corrected chi connectivity index (χ3v) is 3.73. The highest BCUT2D eigenvalue weighted by atomic mass is 16.2. The number of likely N-dealkylation sites (N-methyl/N-ethyl adjacent to an activating group) is 1. The first-order valence-corrected chi connectivity index (χ1v) is 5.71. The Balaban J connectivity index is 2.20. The average Bonchev–Trinajstić information content (AvgIpc) is 2.97. The van der Waals surface area contributed by atoms with Gasteiger partial charge in [-0.1, -0.05) is 0 Å². The van der Waals surface area contributed by atoms with Gasteiger partial charge in [-0.05, 0) is 26.7 Å². The molecule has 1 saturated carbocycles. The highest BCUT2D eigenvalue weighted by Gasteiger charge is 2.46. The Morgan fingerprint density at radius 2 is 2.07 bits per heavy atom. The Hall–Kier alpha value is -0.610. The van der Waals surface area contributed by atoms with Crippen molar-refractivity contribution in [2.45, 2.75) is 44.3 Å². The average molecular weight is 211 g/mol. The van der Waals surface area contributed by atoms with Crippen molar-refractivity contribution in [1.82, 2.24) is 9.80 Å². The first-order valence-electron chi connectivity index (χ1n) is 5.71. The predicted octanol–water partition coefficient (Wildman–Crippen LogP) is 0.0287. The van der Waals surface area contributed by atoms with Crippen molar-refractivity contribution in [2.24, 2.45) is 5.73 Å². The van der Waals surface area contributed by atoms with E-state index in [1.807, 2.05) is 11.9 Å². The maximum atomic E-state index is 12.1. The van der Waals surface area contributed by atoms with E-state index in [1.54, 1.807) is 0 Å². The third-order valence-electron chi connectivity index (χ3n) is 3.73. The Labute approximate surface area is 91.4 Å². The van der Waals surface area contributed by atoms with Crippen molar-refractivity contribution in [3.8, 4) is 0 Å². The van der Waals surface area contributed by atoms with Gasteiger partial charge in [0.15, 0.2) is 0 Å². The molecule has 1 aliphatic carbocycles. The van der Waals surface area contributed by atoms with Crippen LogP contribution in [0.4, 0.5) is 0 Å². The molecule has 86 valence electrons. The maximum absolute atomic E-state index is 12.1. The molecule has 2 fully saturated rings. The van der Waals surface area contributed by atoms with Gasteiger partial charge in [0, 0.05) is 31.7 Å². The van der Waals surface area contributed by atoms with E-state index in [-0.39, 0.29) is 17.5 Å². The molecule has 0 bridgehead atoms. The number of nitrogens with two attached hydrogens (primary N) is 1. The molecule has 0 aromatic carbocycles. The SMILES string of the molecule is CN1C(=O)C(CN)N(C2CC2)CC1(C)C. The van der Waals surface area contributed by atoms with Crippen LogP contribution in [0.25, 0.3) is 0 Å². The minimum Gasteiger partial charge on any atom is -0.338 e. The van der Waals surface area contributed by atoms with Gasteiger partial charge in [-0.2, -0.15) is 0 Å². The van der Waals surface area contributed by atoms with Crippen LogP contribution in [0.2, 0.25) is 0 Å². The van der Waals surface area contributed by atoms with Crippen LogP contribution in [0.1, 0.15) is 26.7 Å². The van der Waals surface area contributed by atoms with Crippen LogP contribution in [-0.4, -0.2) is 53.5 Å². The Morgan fingerprint density at radius 3 is 2.53 bits per heavy atom. The summed E-state index contributed by atoms with van der Waals surface area (Å²) in [6, 6.07) is 0.519. The zero-order valence-corrected chi connectivity index (χ0v) is 9.86. The standard InChI is InChI=1S/C11H21N3O/c1-11(2)7-14(8-4-5-8)9(6-12)10(15)13(11)3/h8-9H,4-7,12H2,1-3H3. The Morgan fingerprint density at radius 1 is 1.47 bits per heavy atom. The second-order valence-electron chi connectivity index (χ2n) is 5.36. The van der Waals surface area contributed by atoms with Crippen molar-refractivity contribution in [2.75, 3.05) is 20.1 Å². The van der Waals surface area contributed by atoms with Crippen molar-refractivity contribution in [3.63, 3.8) is 0 Å². The Kier molecular flexibility index (Phi) is 2.51. The summed E-state index contributed by atoms with van der Waals surface area (Å²) in [4.78, 5) is 16.3. The molecular formula is C11H21N3O. The number of hydrogen-bond donors (Lipinski definition) is 1. The van der Waals surface area contributed by atoms with Crippen molar-refractivity contribution in [1.29, 1.82) is 0 Å². The number of amides is 1. The van der Waals surface area contributed by atoms with Gasteiger partial charge in [0.05, 0.1) is 0 Å². The van der Waals surface area contributed by atoms with Gasteiger partial charge in [0.1, 0.15) is 6.04 Å². The van der Waals surface area contributed by atoms with Crippen molar-refractivity contribution >= 4 is 5.91 Å². The smallest absolute Gasteiger partial charge is 0.241 e. The molecule has 4 nitrogen and oxygen atoms in total. The first kappa shape index (κ1) is 10.9. The monoisotopic (exact) mass is 211 g/mol. The number of carbonyl (C=O) groups is 1. The van der Waals surface area contributed by atoms with Gasteiger partial charge in [0.25, 0.3) is 0 Å². The highest BCUT2D eigenvalue weighted by molar-refractivity contribution is 5.83. The molecule has 1 unspecified atom stereocenters. The molecule has 2 rings (SSSR count). The number of nitrogens with zero attached hydrogens (tertiary/aromatic N) is 2. The van der Waals surface area contributed by atoms with E-state index in [9.17, 15) is 4.79 Å². The van der Waals surface area contributed by atoms with Crippen LogP contribution in [0.5, 0.6) is 0 Å². The number of hydrogen-bond acceptors (Lipinski definition) is 3. The normalized spacial score (nSPS) is 32.1.